The molecule has 1 N–H and O–H groups in total. The molecule has 0 aromatic heterocycles. The Balaban J connectivity index is 1.72. The monoisotopic (exact) mass is 230 g/mol. The molecule has 0 spiro atoms. The Hall–Kier alpha value is 0.230. The third-order valence-electron chi connectivity index (χ3n) is 3.16. The summed E-state index contributed by atoms with van der Waals surface area (Å²) in [5.74, 6) is 1.30. The molecule has 0 saturated carbocycles. The predicted molar refractivity (Wildman–Crippen MR) is 65.6 cm³/mol. The first kappa shape index (κ1) is 11.7. The average molecular weight is 230 g/mol. The largest absolute Gasteiger partial charge is 0.378 e. The van der Waals surface area contributed by atoms with E-state index < -0.39 is 0 Å². The SMILES string of the molecule is CCC1CN(CC2COCCN2)CCS1. The van der Waals surface area contributed by atoms with Gasteiger partial charge in [0.15, 0.2) is 0 Å². The van der Waals surface area contributed by atoms with Crippen LogP contribution in [-0.2, 0) is 4.74 Å². The minimum absolute atomic E-state index is 0.555. The van der Waals surface area contributed by atoms with Crippen molar-refractivity contribution in [2.75, 3.05) is 45.1 Å². The number of rotatable bonds is 3. The lowest BCUT2D eigenvalue weighted by atomic mass is 10.2. The van der Waals surface area contributed by atoms with Gasteiger partial charge in [0.25, 0.3) is 0 Å². The summed E-state index contributed by atoms with van der Waals surface area (Å²) in [6.45, 7) is 8.76. The minimum Gasteiger partial charge on any atom is -0.378 e. The number of hydrogen-bond donors (Lipinski definition) is 1. The molecule has 88 valence electrons. The minimum atomic E-state index is 0.555. The van der Waals surface area contributed by atoms with E-state index in [1.165, 1.54) is 25.3 Å². The van der Waals surface area contributed by atoms with Crippen molar-refractivity contribution in [2.45, 2.75) is 24.6 Å². The maximum Gasteiger partial charge on any atom is 0.0632 e. The second-order valence-corrected chi connectivity index (χ2v) is 5.79. The molecule has 0 bridgehead atoms. The van der Waals surface area contributed by atoms with Crippen LogP contribution in [0.5, 0.6) is 0 Å². The number of thioether (sulfide) groups is 1. The van der Waals surface area contributed by atoms with Crippen LogP contribution in [0.1, 0.15) is 13.3 Å². The van der Waals surface area contributed by atoms with Crippen molar-refractivity contribution in [1.29, 1.82) is 0 Å². The summed E-state index contributed by atoms with van der Waals surface area (Å²) >= 11 is 2.14. The van der Waals surface area contributed by atoms with E-state index in [9.17, 15) is 0 Å². The Morgan fingerprint density at radius 1 is 1.53 bits per heavy atom. The van der Waals surface area contributed by atoms with Crippen molar-refractivity contribution in [3.8, 4) is 0 Å². The van der Waals surface area contributed by atoms with Gasteiger partial charge in [-0.05, 0) is 6.42 Å². The molecule has 2 saturated heterocycles. The summed E-state index contributed by atoms with van der Waals surface area (Å²) < 4.78 is 5.48. The number of morpholine rings is 1. The van der Waals surface area contributed by atoms with Gasteiger partial charge < -0.3 is 10.1 Å². The molecule has 3 nitrogen and oxygen atoms in total. The first-order chi connectivity index (χ1) is 7.38. The number of nitrogens with one attached hydrogen (secondary N) is 1. The highest BCUT2D eigenvalue weighted by Gasteiger charge is 2.22. The van der Waals surface area contributed by atoms with E-state index in [-0.39, 0.29) is 0 Å². The lowest BCUT2D eigenvalue weighted by Crippen LogP contribution is -2.51. The van der Waals surface area contributed by atoms with Gasteiger partial charge in [-0.3, -0.25) is 4.90 Å². The van der Waals surface area contributed by atoms with Crippen molar-refractivity contribution in [1.82, 2.24) is 10.2 Å². The summed E-state index contributed by atoms with van der Waals surface area (Å²) in [7, 11) is 0. The zero-order valence-corrected chi connectivity index (χ0v) is 10.4. The molecule has 4 heteroatoms. The lowest BCUT2D eigenvalue weighted by Gasteiger charge is -2.35. The van der Waals surface area contributed by atoms with Crippen molar-refractivity contribution >= 4 is 11.8 Å². The molecule has 2 fully saturated rings. The van der Waals surface area contributed by atoms with E-state index in [0.717, 1.165) is 31.6 Å². The summed E-state index contributed by atoms with van der Waals surface area (Å²) in [6.07, 6.45) is 1.30. The van der Waals surface area contributed by atoms with E-state index in [1.54, 1.807) is 0 Å². The smallest absolute Gasteiger partial charge is 0.0632 e. The van der Waals surface area contributed by atoms with Crippen LogP contribution in [0.3, 0.4) is 0 Å². The van der Waals surface area contributed by atoms with Gasteiger partial charge in [-0.25, -0.2) is 0 Å². The second-order valence-electron chi connectivity index (χ2n) is 4.39. The molecule has 2 unspecified atom stereocenters. The van der Waals surface area contributed by atoms with Crippen LogP contribution in [-0.4, -0.2) is 61.3 Å². The number of nitrogens with zero attached hydrogens (tertiary/aromatic N) is 1. The molecule has 2 heterocycles. The zero-order valence-electron chi connectivity index (χ0n) is 9.58. The molecular formula is C11H22N2OS. The lowest BCUT2D eigenvalue weighted by molar-refractivity contribution is 0.0623. The molecule has 0 radical (unpaired) electrons. The molecule has 0 aromatic carbocycles. The fourth-order valence-electron chi connectivity index (χ4n) is 2.24. The maximum absolute atomic E-state index is 5.48. The molecule has 2 atom stereocenters. The average Bonchev–Trinajstić information content (AvgIpc) is 2.31. The van der Waals surface area contributed by atoms with Crippen LogP contribution in [0.2, 0.25) is 0 Å². The van der Waals surface area contributed by atoms with Crippen molar-refractivity contribution in [3.05, 3.63) is 0 Å². The Kier molecular flexibility index (Phi) is 4.75. The topological polar surface area (TPSA) is 24.5 Å². The van der Waals surface area contributed by atoms with Crippen molar-refractivity contribution in [2.24, 2.45) is 0 Å². The summed E-state index contributed by atoms with van der Waals surface area (Å²) in [4.78, 5) is 2.59. The standard InChI is InChI=1S/C11H22N2OS/c1-2-11-8-13(4-6-15-11)7-10-9-14-5-3-12-10/h10-12H,2-9H2,1H3. The molecular weight excluding hydrogens is 208 g/mol. The summed E-state index contributed by atoms with van der Waals surface area (Å²) in [5, 5.41) is 4.38. The molecule has 2 aliphatic rings. The first-order valence-corrected chi connectivity index (χ1v) is 7.08. The van der Waals surface area contributed by atoms with Crippen LogP contribution in [0.15, 0.2) is 0 Å². The Bertz CT molecular complexity index is 185. The van der Waals surface area contributed by atoms with Crippen molar-refractivity contribution < 1.29 is 4.74 Å². The molecule has 0 aromatic rings. The summed E-state index contributed by atoms with van der Waals surface area (Å²) in [6, 6.07) is 0.555. The van der Waals surface area contributed by atoms with Gasteiger partial charge in [0.05, 0.1) is 13.2 Å². The molecule has 0 amide bonds. The second kappa shape index (κ2) is 6.09. The Labute approximate surface area is 96.9 Å². The van der Waals surface area contributed by atoms with E-state index in [0.29, 0.717) is 6.04 Å². The molecule has 0 aliphatic carbocycles. The van der Waals surface area contributed by atoms with Crippen LogP contribution in [0, 0.1) is 0 Å². The fourth-order valence-corrected chi connectivity index (χ4v) is 3.49. The number of ether oxygens (including phenoxy) is 1. The van der Waals surface area contributed by atoms with E-state index in [4.69, 9.17) is 4.74 Å². The fraction of sp³-hybridized carbons (Fsp3) is 1.00. The van der Waals surface area contributed by atoms with E-state index in [1.807, 2.05) is 0 Å². The highest BCUT2D eigenvalue weighted by atomic mass is 32.2. The van der Waals surface area contributed by atoms with Gasteiger partial charge in [0.1, 0.15) is 0 Å². The third kappa shape index (κ3) is 3.63. The normalized spacial score (nSPS) is 34.2. The van der Waals surface area contributed by atoms with Crippen LogP contribution in [0.25, 0.3) is 0 Å². The highest BCUT2D eigenvalue weighted by molar-refractivity contribution is 8.00. The van der Waals surface area contributed by atoms with Crippen LogP contribution < -0.4 is 5.32 Å². The summed E-state index contributed by atoms with van der Waals surface area (Å²) in [5.41, 5.74) is 0. The molecule has 15 heavy (non-hydrogen) atoms. The van der Waals surface area contributed by atoms with E-state index in [2.05, 4.69) is 28.9 Å². The molecule has 2 aliphatic heterocycles. The maximum atomic E-state index is 5.48. The van der Waals surface area contributed by atoms with Gasteiger partial charge in [-0.15, -0.1) is 0 Å². The van der Waals surface area contributed by atoms with Crippen molar-refractivity contribution in [3.63, 3.8) is 0 Å². The molecule has 2 rings (SSSR count). The van der Waals surface area contributed by atoms with Gasteiger partial charge in [0.2, 0.25) is 0 Å². The number of hydrogen-bond acceptors (Lipinski definition) is 4. The van der Waals surface area contributed by atoms with Gasteiger partial charge in [-0.2, -0.15) is 11.8 Å². The third-order valence-corrected chi connectivity index (χ3v) is 4.53. The quantitative estimate of drug-likeness (QED) is 0.775. The van der Waals surface area contributed by atoms with Crippen LogP contribution in [0.4, 0.5) is 0 Å². The van der Waals surface area contributed by atoms with Gasteiger partial charge in [-0.1, -0.05) is 6.92 Å². The first-order valence-electron chi connectivity index (χ1n) is 6.03. The van der Waals surface area contributed by atoms with Gasteiger partial charge in [0, 0.05) is 43.2 Å². The highest BCUT2D eigenvalue weighted by Crippen LogP contribution is 2.21. The van der Waals surface area contributed by atoms with E-state index >= 15 is 0 Å². The van der Waals surface area contributed by atoms with Gasteiger partial charge >= 0.3 is 0 Å². The zero-order chi connectivity index (χ0) is 10.5. The Morgan fingerprint density at radius 2 is 2.47 bits per heavy atom. The Morgan fingerprint density at radius 3 is 3.20 bits per heavy atom. The van der Waals surface area contributed by atoms with Crippen LogP contribution >= 0.6 is 11.8 Å². The predicted octanol–water partition coefficient (Wildman–Crippen LogP) is 0.802.